The van der Waals surface area contributed by atoms with Gasteiger partial charge in [0.2, 0.25) is 0 Å². The molecule has 0 bridgehead atoms. The van der Waals surface area contributed by atoms with E-state index in [1.54, 1.807) is 0 Å². The number of rotatable bonds is 7. The first-order valence-electron chi connectivity index (χ1n) is 9.61. The van der Waals surface area contributed by atoms with Crippen LogP contribution in [-0.4, -0.2) is 30.3 Å². The summed E-state index contributed by atoms with van der Waals surface area (Å²) in [5, 5.41) is 2.58. The van der Waals surface area contributed by atoms with Crippen molar-refractivity contribution < 1.29 is 44.6 Å². The van der Waals surface area contributed by atoms with Gasteiger partial charge in [-0.1, -0.05) is 0 Å². The number of nitrogens with zero attached hydrogens (tertiary/aromatic N) is 2. The number of fused-ring (bicyclic) bond motifs is 1. The van der Waals surface area contributed by atoms with Gasteiger partial charge in [0.1, 0.15) is 35.6 Å². The molecule has 34 heavy (non-hydrogen) atoms. The predicted molar refractivity (Wildman–Crippen MR) is 105 cm³/mol. The molecule has 0 unspecified atom stereocenters. The second-order valence-corrected chi connectivity index (χ2v) is 7.10. The Balaban J connectivity index is 2.05. The SMILES string of the molecule is COCCOc1cc2c(NCc3cc(F)cc(C(F)(F)F)c3F)nc(C)nc2cc1C(F)(F)F. The van der Waals surface area contributed by atoms with Gasteiger partial charge in [0.05, 0.1) is 23.3 Å². The lowest BCUT2D eigenvalue weighted by atomic mass is 10.1. The Morgan fingerprint density at radius 3 is 2.18 bits per heavy atom. The molecule has 1 aromatic heterocycles. The van der Waals surface area contributed by atoms with E-state index in [0.29, 0.717) is 6.07 Å². The van der Waals surface area contributed by atoms with Gasteiger partial charge in [0.15, 0.2) is 0 Å². The minimum absolute atomic E-state index is 0.00518. The standard InChI is InChI=1S/C21H17F8N3O2/c1-10-31-16-8-14(20(24,25)26)17(34-4-3-33-2)7-13(16)19(32-10)30-9-11-5-12(22)6-15(18(11)23)21(27,28)29/h5-8H,3-4,9H2,1-2H3,(H,30,31,32). The molecule has 3 aromatic rings. The van der Waals surface area contributed by atoms with Crippen molar-refractivity contribution in [2.75, 3.05) is 25.6 Å². The number of halogens is 8. The van der Waals surface area contributed by atoms with Crippen molar-refractivity contribution in [3.8, 4) is 5.75 Å². The monoisotopic (exact) mass is 495 g/mol. The fraction of sp³-hybridized carbons (Fsp3) is 0.333. The molecule has 0 fully saturated rings. The number of methoxy groups -OCH3 is 1. The summed E-state index contributed by atoms with van der Waals surface area (Å²) in [6.07, 6.45) is -9.90. The van der Waals surface area contributed by atoms with Crippen LogP contribution >= 0.6 is 0 Å². The maximum Gasteiger partial charge on any atom is 0.420 e. The average Bonchev–Trinajstić information content (AvgIpc) is 2.72. The summed E-state index contributed by atoms with van der Waals surface area (Å²) in [7, 11) is 1.34. The highest BCUT2D eigenvalue weighted by molar-refractivity contribution is 5.91. The molecule has 0 amide bonds. The zero-order valence-corrected chi connectivity index (χ0v) is 17.7. The van der Waals surface area contributed by atoms with E-state index in [2.05, 4.69) is 15.3 Å². The van der Waals surface area contributed by atoms with Gasteiger partial charge in [0, 0.05) is 24.6 Å². The molecule has 0 atom stereocenters. The molecular formula is C21H17F8N3O2. The Labute approximate surface area is 187 Å². The summed E-state index contributed by atoms with van der Waals surface area (Å²) in [6.45, 7) is 0.547. The third kappa shape index (κ3) is 5.64. The van der Waals surface area contributed by atoms with Gasteiger partial charge < -0.3 is 14.8 Å². The lowest BCUT2D eigenvalue weighted by Gasteiger charge is -2.17. The molecule has 0 aliphatic heterocycles. The predicted octanol–water partition coefficient (Wildman–Crippen LogP) is 5.89. The van der Waals surface area contributed by atoms with Crippen LogP contribution in [0.2, 0.25) is 0 Å². The third-order valence-electron chi connectivity index (χ3n) is 4.62. The van der Waals surface area contributed by atoms with Crippen LogP contribution in [0.5, 0.6) is 5.75 Å². The zero-order valence-electron chi connectivity index (χ0n) is 17.7. The quantitative estimate of drug-likeness (QED) is 0.327. The molecule has 0 spiro atoms. The summed E-state index contributed by atoms with van der Waals surface area (Å²) in [6, 6.07) is 2.36. The molecule has 0 saturated carbocycles. The van der Waals surface area contributed by atoms with Gasteiger partial charge in [0.25, 0.3) is 0 Å². The van der Waals surface area contributed by atoms with Crippen molar-refractivity contribution in [3.05, 3.63) is 58.4 Å². The lowest BCUT2D eigenvalue weighted by Crippen LogP contribution is -2.14. The molecule has 0 aliphatic rings. The summed E-state index contributed by atoms with van der Waals surface area (Å²) in [5.41, 5.74) is -3.68. The number of hydrogen-bond acceptors (Lipinski definition) is 5. The molecule has 1 heterocycles. The third-order valence-corrected chi connectivity index (χ3v) is 4.62. The molecule has 3 rings (SSSR count). The highest BCUT2D eigenvalue weighted by Crippen LogP contribution is 2.40. The van der Waals surface area contributed by atoms with Crippen LogP contribution in [0.15, 0.2) is 24.3 Å². The van der Waals surface area contributed by atoms with Gasteiger partial charge in [-0.15, -0.1) is 0 Å². The van der Waals surface area contributed by atoms with Crippen LogP contribution < -0.4 is 10.1 Å². The van der Waals surface area contributed by atoms with E-state index in [9.17, 15) is 35.1 Å². The van der Waals surface area contributed by atoms with Gasteiger partial charge in [-0.25, -0.2) is 18.7 Å². The smallest absolute Gasteiger partial charge is 0.420 e. The zero-order chi connectivity index (χ0) is 25.3. The lowest BCUT2D eigenvalue weighted by molar-refractivity contribution is -0.140. The molecule has 5 nitrogen and oxygen atoms in total. The van der Waals surface area contributed by atoms with E-state index in [-0.39, 0.29) is 41.8 Å². The highest BCUT2D eigenvalue weighted by atomic mass is 19.4. The average molecular weight is 495 g/mol. The van der Waals surface area contributed by atoms with E-state index in [1.165, 1.54) is 14.0 Å². The van der Waals surface area contributed by atoms with Gasteiger partial charge in [-0.2, -0.15) is 26.3 Å². The van der Waals surface area contributed by atoms with E-state index >= 15 is 0 Å². The van der Waals surface area contributed by atoms with Crippen molar-refractivity contribution in [2.45, 2.75) is 25.8 Å². The summed E-state index contributed by atoms with van der Waals surface area (Å²) >= 11 is 0. The van der Waals surface area contributed by atoms with Crippen molar-refractivity contribution in [1.29, 1.82) is 0 Å². The topological polar surface area (TPSA) is 56.3 Å². The molecule has 0 radical (unpaired) electrons. The Kier molecular flexibility index (Phi) is 7.15. The van der Waals surface area contributed by atoms with Crippen molar-refractivity contribution >= 4 is 16.7 Å². The first kappa shape index (κ1) is 25.4. The van der Waals surface area contributed by atoms with Crippen LogP contribution in [0, 0.1) is 18.6 Å². The first-order chi connectivity index (χ1) is 15.8. The van der Waals surface area contributed by atoms with E-state index in [4.69, 9.17) is 9.47 Å². The minimum Gasteiger partial charge on any atom is -0.491 e. The molecule has 0 saturated heterocycles. The summed E-state index contributed by atoms with van der Waals surface area (Å²) < 4.78 is 118. The van der Waals surface area contributed by atoms with Crippen LogP contribution in [0.25, 0.3) is 10.9 Å². The van der Waals surface area contributed by atoms with Crippen LogP contribution in [0.3, 0.4) is 0 Å². The fourth-order valence-electron chi connectivity index (χ4n) is 3.14. The second kappa shape index (κ2) is 9.57. The maximum atomic E-state index is 14.3. The van der Waals surface area contributed by atoms with Crippen molar-refractivity contribution in [2.24, 2.45) is 0 Å². The number of aromatic nitrogens is 2. The number of aryl methyl sites for hydroxylation is 1. The summed E-state index contributed by atoms with van der Waals surface area (Å²) in [4.78, 5) is 8.01. The first-order valence-corrected chi connectivity index (χ1v) is 9.61. The van der Waals surface area contributed by atoms with Crippen LogP contribution in [-0.2, 0) is 23.6 Å². The molecular weight excluding hydrogens is 478 g/mol. The molecule has 13 heteroatoms. The Hall–Kier alpha value is -3.22. The second-order valence-electron chi connectivity index (χ2n) is 7.10. The molecule has 0 aliphatic carbocycles. The normalized spacial score (nSPS) is 12.3. The van der Waals surface area contributed by atoms with Crippen molar-refractivity contribution in [1.82, 2.24) is 9.97 Å². The molecule has 2 aromatic carbocycles. The molecule has 184 valence electrons. The number of alkyl halides is 6. The number of ether oxygens (including phenoxy) is 2. The van der Waals surface area contributed by atoms with Crippen LogP contribution in [0.4, 0.5) is 40.9 Å². The number of hydrogen-bond donors (Lipinski definition) is 1. The number of benzene rings is 2. The minimum atomic E-state index is -5.12. The maximum absolute atomic E-state index is 14.3. The van der Waals surface area contributed by atoms with Crippen molar-refractivity contribution in [3.63, 3.8) is 0 Å². The number of nitrogens with one attached hydrogen (secondary N) is 1. The van der Waals surface area contributed by atoms with E-state index in [1.807, 2.05) is 0 Å². The van der Waals surface area contributed by atoms with Crippen LogP contribution in [0.1, 0.15) is 22.5 Å². The Morgan fingerprint density at radius 1 is 0.882 bits per heavy atom. The molecule has 1 N–H and O–H groups in total. The summed E-state index contributed by atoms with van der Waals surface area (Å²) in [5.74, 6) is -3.61. The highest BCUT2D eigenvalue weighted by Gasteiger charge is 2.36. The van der Waals surface area contributed by atoms with E-state index in [0.717, 1.165) is 12.1 Å². The number of anilines is 1. The Bertz CT molecular complexity index is 1200. The van der Waals surface area contributed by atoms with Gasteiger partial charge in [-0.05, 0) is 31.2 Å². The largest absolute Gasteiger partial charge is 0.491 e. The van der Waals surface area contributed by atoms with Gasteiger partial charge in [-0.3, -0.25) is 0 Å². The van der Waals surface area contributed by atoms with E-state index < -0.39 is 53.0 Å². The Morgan fingerprint density at radius 2 is 1.56 bits per heavy atom. The fourth-order valence-corrected chi connectivity index (χ4v) is 3.14. The van der Waals surface area contributed by atoms with Gasteiger partial charge >= 0.3 is 12.4 Å².